The second-order valence-corrected chi connectivity index (χ2v) is 8.20. The van der Waals surface area contributed by atoms with Crippen LogP contribution in [0, 0.1) is 11.3 Å². The van der Waals surface area contributed by atoms with Gasteiger partial charge in [-0.1, -0.05) is 31.2 Å². The summed E-state index contributed by atoms with van der Waals surface area (Å²) in [4.78, 5) is 12.7. The zero-order valence-electron chi connectivity index (χ0n) is 14.6. The molecule has 4 rings (SSSR count). The van der Waals surface area contributed by atoms with Crippen molar-refractivity contribution in [3.8, 4) is 0 Å². The molecule has 0 aromatic heterocycles. The molecule has 1 heterocycles. The number of amides is 1. The third kappa shape index (κ3) is 3.09. The van der Waals surface area contributed by atoms with Crippen molar-refractivity contribution in [3.63, 3.8) is 0 Å². The lowest BCUT2D eigenvalue weighted by atomic mass is 9.78. The zero-order chi connectivity index (χ0) is 15.9. The fraction of sp³-hybridized carbons (Fsp3) is 0.650. The minimum Gasteiger partial charge on any atom is -0.355 e. The van der Waals surface area contributed by atoms with Gasteiger partial charge in [0.1, 0.15) is 0 Å². The molecule has 1 saturated heterocycles. The third-order valence-corrected chi connectivity index (χ3v) is 6.51. The number of carbonyl (C=O) groups is 1. The molecule has 2 unspecified atom stereocenters. The first-order chi connectivity index (χ1) is 11.1. The summed E-state index contributed by atoms with van der Waals surface area (Å²) in [6.45, 7) is 5.30. The largest absolute Gasteiger partial charge is 0.355 e. The highest BCUT2D eigenvalue weighted by atomic mass is 35.5. The average Bonchev–Trinajstić information content (AvgIpc) is 3.29. The zero-order valence-corrected chi connectivity index (χ0v) is 15.4. The Bertz CT molecular complexity index is 611. The van der Waals surface area contributed by atoms with E-state index in [0.29, 0.717) is 5.91 Å². The molecule has 3 aliphatic rings. The molecule has 2 N–H and O–H groups in total. The minimum atomic E-state index is 0. The molecule has 1 spiro atoms. The van der Waals surface area contributed by atoms with Crippen molar-refractivity contribution in [3.05, 3.63) is 35.4 Å². The summed E-state index contributed by atoms with van der Waals surface area (Å²) in [5.74, 6) is 0.496. The molecule has 1 amide bonds. The van der Waals surface area contributed by atoms with E-state index in [1.165, 1.54) is 30.4 Å². The number of fused-ring (bicyclic) bond motifs is 2. The van der Waals surface area contributed by atoms with Gasteiger partial charge in [0.05, 0.1) is 0 Å². The van der Waals surface area contributed by atoms with Crippen LogP contribution in [0.4, 0.5) is 0 Å². The maximum Gasteiger partial charge on any atom is 0.224 e. The van der Waals surface area contributed by atoms with Gasteiger partial charge in [0.15, 0.2) is 0 Å². The molecule has 0 bridgehead atoms. The van der Waals surface area contributed by atoms with E-state index in [1.54, 1.807) is 0 Å². The molecule has 3 nitrogen and oxygen atoms in total. The SMILES string of the molecule is CC1(CNC(=O)C2CC23CCCc2ccccc23)CCNCC1.Cl. The molecule has 2 fully saturated rings. The molecular weight excluding hydrogens is 320 g/mol. The second-order valence-electron chi connectivity index (χ2n) is 8.20. The average molecular weight is 349 g/mol. The molecule has 24 heavy (non-hydrogen) atoms. The third-order valence-electron chi connectivity index (χ3n) is 6.51. The lowest BCUT2D eigenvalue weighted by Crippen LogP contribution is -2.43. The Hall–Kier alpha value is -1.06. The van der Waals surface area contributed by atoms with Crippen LogP contribution in [0.2, 0.25) is 0 Å². The number of rotatable bonds is 3. The van der Waals surface area contributed by atoms with Crippen LogP contribution in [-0.4, -0.2) is 25.5 Å². The summed E-state index contributed by atoms with van der Waals surface area (Å²) < 4.78 is 0. The van der Waals surface area contributed by atoms with Crippen molar-refractivity contribution in [1.82, 2.24) is 10.6 Å². The summed E-state index contributed by atoms with van der Waals surface area (Å²) in [5, 5.41) is 6.70. The molecule has 2 aliphatic carbocycles. The van der Waals surface area contributed by atoms with Crippen molar-refractivity contribution in [2.75, 3.05) is 19.6 Å². The highest BCUT2D eigenvalue weighted by Gasteiger charge is 2.60. The van der Waals surface area contributed by atoms with Gasteiger partial charge in [-0.05, 0) is 68.2 Å². The molecule has 4 heteroatoms. The number of benzene rings is 1. The Labute approximate surface area is 151 Å². The fourth-order valence-electron chi connectivity index (χ4n) is 4.81. The standard InChI is InChI=1S/C20H28N2O.ClH/c1-19(9-11-21-12-10-19)14-22-18(23)17-13-20(17)8-4-6-15-5-2-3-7-16(15)20;/h2-3,5,7,17,21H,4,6,8-14H2,1H3,(H,22,23);1H. The summed E-state index contributed by atoms with van der Waals surface area (Å²) in [7, 11) is 0. The number of hydrogen-bond acceptors (Lipinski definition) is 2. The number of carbonyl (C=O) groups excluding carboxylic acids is 1. The van der Waals surface area contributed by atoms with E-state index in [1.807, 2.05) is 0 Å². The quantitative estimate of drug-likeness (QED) is 0.880. The molecule has 1 aromatic rings. The first-order valence-corrected chi connectivity index (χ1v) is 9.20. The Morgan fingerprint density at radius 3 is 2.79 bits per heavy atom. The normalized spacial score (nSPS) is 30.1. The van der Waals surface area contributed by atoms with Gasteiger partial charge in [-0.15, -0.1) is 12.4 Å². The Balaban J connectivity index is 0.00000169. The molecular formula is C20H29ClN2O. The summed E-state index contributed by atoms with van der Waals surface area (Å²) in [6, 6.07) is 8.78. The van der Waals surface area contributed by atoms with Crippen molar-refractivity contribution in [2.45, 2.75) is 50.9 Å². The van der Waals surface area contributed by atoms with E-state index < -0.39 is 0 Å². The highest BCUT2D eigenvalue weighted by molar-refractivity contribution is 5.85. The number of halogens is 1. The number of piperidine rings is 1. The Kier molecular flexibility index (Phi) is 4.94. The maximum absolute atomic E-state index is 12.7. The van der Waals surface area contributed by atoms with Crippen LogP contribution in [0.25, 0.3) is 0 Å². The molecule has 0 radical (unpaired) electrons. The van der Waals surface area contributed by atoms with Gasteiger partial charge in [-0.3, -0.25) is 4.79 Å². The van der Waals surface area contributed by atoms with Crippen LogP contribution in [0.5, 0.6) is 0 Å². The Morgan fingerprint density at radius 2 is 2.00 bits per heavy atom. The van der Waals surface area contributed by atoms with Crippen molar-refractivity contribution in [1.29, 1.82) is 0 Å². The van der Waals surface area contributed by atoms with Crippen molar-refractivity contribution >= 4 is 18.3 Å². The van der Waals surface area contributed by atoms with Gasteiger partial charge in [0, 0.05) is 17.9 Å². The van der Waals surface area contributed by atoms with Crippen LogP contribution in [0.3, 0.4) is 0 Å². The van der Waals surface area contributed by atoms with Crippen molar-refractivity contribution in [2.24, 2.45) is 11.3 Å². The predicted octanol–water partition coefficient (Wildman–Crippen LogP) is 3.21. The topological polar surface area (TPSA) is 41.1 Å². The molecule has 2 atom stereocenters. The summed E-state index contributed by atoms with van der Waals surface area (Å²) >= 11 is 0. The number of nitrogens with one attached hydrogen (secondary N) is 2. The molecule has 1 saturated carbocycles. The highest BCUT2D eigenvalue weighted by Crippen LogP contribution is 2.60. The van der Waals surface area contributed by atoms with E-state index in [9.17, 15) is 4.79 Å². The van der Waals surface area contributed by atoms with Crippen LogP contribution in [0.15, 0.2) is 24.3 Å². The lowest BCUT2D eigenvalue weighted by Gasteiger charge is -2.34. The van der Waals surface area contributed by atoms with Crippen LogP contribution in [0.1, 0.15) is 50.2 Å². The van der Waals surface area contributed by atoms with Crippen LogP contribution >= 0.6 is 12.4 Å². The second kappa shape index (κ2) is 6.68. The fourth-order valence-corrected chi connectivity index (χ4v) is 4.81. The molecule has 1 aliphatic heterocycles. The smallest absolute Gasteiger partial charge is 0.224 e. The van der Waals surface area contributed by atoms with Crippen LogP contribution in [-0.2, 0) is 16.6 Å². The van der Waals surface area contributed by atoms with E-state index in [2.05, 4.69) is 41.8 Å². The summed E-state index contributed by atoms with van der Waals surface area (Å²) in [5.41, 5.74) is 3.36. The number of hydrogen-bond donors (Lipinski definition) is 2. The van der Waals surface area contributed by atoms with Crippen molar-refractivity contribution < 1.29 is 4.79 Å². The Morgan fingerprint density at radius 1 is 1.25 bits per heavy atom. The van der Waals surface area contributed by atoms with E-state index >= 15 is 0 Å². The van der Waals surface area contributed by atoms with Gasteiger partial charge in [0.25, 0.3) is 0 Å². The van der Waals surface area contributed by atoms with Crippen LogP contribution < -0.4 is 10.6 Å². The van der Waals surface area contributed by atoms with E-state index in [4.69, 9.17) is 0 Å². The molecule has 132 valence electrons. The molecule has 1 aromatic carbocycles. The monoisotopic (exact) mass is 348 g/mol. The van der Waals surface area contributed by atoms with Gasteiger partial charge in [-0.2, -0.15) is 0 Å². The van der Waals surface area contributed by atoms with E-state index in [0.717, 1.165) is 38.9 Å². The lowest BCUT2D eigenvalue weighted by molar-refractivity contribution is -0.123. The van der Waals surface area contributed by atoms with E-state index in [-0.39, 0.29) is 29.2 Å². The first kappa shape index (κ1) is 17.8. The van der Waals surface area contributed by atoms with Gasteiger partial charge < -0.3 is 10.6 Å². The number of aryl methyl sites for hydroxylation is 1. The minimum absolute atomic E-state index is 0. The van der Waals surface area contributed by atoms with Gasteiger partial charge in [-0.25, -0.2) is 0 Å². The predicted molar refractivity (Wildman–Crippen MR) is 99.6 cm³/mol. The maximum atomic E-state index is 12.7. The van der Waals surface area contributed by atoms with Gasteiger partial charge >= 0.3 is 0 Å². The first-order valence-electron chi connectivity index (χ1n) is 9.20. The van der Waals surface area contributed by atoms with Gasteiger partial charge in [0.2, 0.25) is 5.91 Å². The summed E-state index contributed by atoms with van der Waals surface area (Å²) in [6.07, 6.45) is 6.96.